The Balaban J connectivity index is 1.52. The Morgan fingerprint density at radius 2 is 1.66 bits per heavy atom. The number of carbonyl (C=O) groups is 2. The number of carboxylic acid groups (broad SMARTS) is 1. The minimum Gasteiger partial charge on any atom is -0.484 e. The highest BCUT2D eigenvalue weighted by molar-refractivity contribution is 5.94. The zero-order valence-corrected chi connectivity index (χ0v) is 19.3. The molecule has 2 amide bonds. The molecular weight excluding hydrogens is 450 g/mol. The summed E-state index contributed by atoms with van der Waals surface area (Å²) in [5.41, 5.74) is 1.58. The standard InChI is InChI=1S/C25H27N5O5/c1-34-24-27-14-18(15-28-24)17-7-12-22(26-13-17)30(20-10-8-19(9-11-20)29-25(32)33)23(31)16-35-21-5-3-2-4-6-21/h2-7,12-15,19-20,29H,8-11,16H2,1H3,(H,32,33). The molecular formula is C25H27N5O5. The van der Waals surface area contributed by atoms with E-state index in [1.165, 1.54) is 7.11 Å². The van der Waals surface area contributed by atoms with Crippen LogP contribution in [0.5, 0.6) is 11.8 Å². The van der Waals surface area contributed by atoms with Crippen LogP contribution in [0.2, 0.25) is 0 Å². The first-order chi connectivity index (χ1) is 17.0. The molecule has 0 aliphatic heterocycles. The van der Waals surface area contributed by atoms with Crippen molar-refractivity contribution in [1.29, 1.82) is 0 Å². The smallest absolute Gasteiger partial charge is 0.404 e. The van der Waals surface area contributed by atoms with E-state index in [-0.39, 0.29) is 30.6 Å². The average molecular weight is 478 g/mol. The Kier molecular flexibility index (Phi) is 7.71. The molecule has 0 atom stereocenters. The molecule has 1 aliphatic carbocycles. The number of hydrogen-bond acceptors (Lipinski definition) is 7. The van der Waals surface area contributed by atoms with Gasteiger partial charge in [0.1, 0.15) is 11.6 Å². The molecule has 35 heavy (non-hydrogen) atoms. The van der Waals surface area contributed by atoms with E-state index in [2.05, 4.69) is 20.3 Å². The summed E-state index contributed by atoms with van der Waals surface area (Å²) in [4.78, 5) is 38.8. The van der Waals surface area contributed by atoms with Crippen LogP contribution >= 0.6 is 0 Å². The van der Waals surface area contributed by atoms with Gasteiger partial charge in [0, 0.05) is 41.8 Å². The maximum atomic E-state index is 13.3. The molecule has 1 fully saturated rings. The molecule has 3 aromatic rings. The second-order valence-corrected chi connectivity index (χ2v) is 8.18. The minimum atomic E-state index is -1.03. The zero-order chi connectivity index (χ0) is 24.6. The number of methoxy groups -OCH3 is 1. The molecule has 1 aromatic carbocycles. The number of nitrogens with zero attached hydrogens (tertiary/aromatic N) is 4. The van der Waals surface area contributed by atoms with E-state index in [1.54, 1.807) is 41.7 Å². The lowest BCUT2D eigenvalue weighted by molar-refractivity contribution is -0.121. The molecule has 10 nitrogen and oxygen atoms in total. The quantitative estimate of drug-likeness (QED) is 0.504. The average Bonchev–Trinajstić information content (AvgIpc) is 2.89. The first-order valence-electron chi connectivity index (χ1n) is 11.4. The molecule has 2 heterocycles. The molecule has 10 heteroatoms. The fourth-order valence-electron chi connectivity index (χ4n) is 4.17. The largest absolute Gasteiger partial charge is 0.484 e. The number of benzene rings is 1. The van der Waals surface area contributed by atoms with Crippen molar-refractivity contribution in [1.82, 2.24) is 20.3 Å². The summed E-state index contributed by atoms with van der Waals surface area (Å²) < 4.78 is 10.7. The van der Waals surface area contributed by atoms with Gasteiger partial charge >= 0.3 is 12.1 Å². The summed E-state index contributed by atoms with van der Waals surface area (Å²) in [6, 6.07) is 12.9. The van der Waals surface area contributed by atoms with Crippen molar-refractivity contribution in [3.05, 3.63) is 61.1 Å². The molecule has 2 aromatic heterocycles. The Labute approximate surface area is 203 Å². The van der Waals surface area contributed by atoms with E-state index in [0.717, 1.165) is 11.1 Å². The summed E-state index contributed by atoms with van der Waals surface area (Å²) in [6.45, 7) is -0.132. The number of aromatic nitrogens is 3. The molecule has 1 saturated carbocycles. The Bertz CT molecular complexity index is 1120. The van der Waals surface area contributed by atoms with Crippen molar-refractivity contribution >= 4 is 17.8 Å². The highest BCUT2D eigenvalue weighted by Gasteiger charge is 2.31. The Hall–Kier alpha value is -4.21. The first-order valence-corrected chi connectivity index (χ1v) is 11.4. The van der Waals surface area contributed by atoms with Gasteiger partial charge in [0.2, 0.25) is 0 Å². The fourth-order valence-corrected chi connectivity index (χ4v) is 4.17. The predicted molar refractivity (Wildman–Crippen MR) is 128 cm³/mol. The Morgan fingerprint density at radius 1 is 0.971 bits per heavy atom. The highest BCUT2D eigenvalue weighted by Crippen LogP contribution is 2.28. The van der Waals surface area contributed by atoms with Crippen molar-refractivity contribution in [3.63, 3.8) is 0 Å². The summed E-state index contributed by atoms with van der Waals surface area (Å²) in [5, 5.41) is 11.6. The van der Waals surface area contributed by atoms with Gasteiger partial charge in [-0.25, -0.2) is 19.7 Å². The molecule has 0 spiro atoms. The number of hydrogen-bond donors (Lipinski definition) is 2. The maximum absolute atomic E-state index is 13.3. The van der Waals surface area contributed by atoms with Gasteiger partial charge in [-0.3, -0.25) is 9.69 Å². The second-order valence-electron chi connectivity index (χ2n) is 8.18. The Morgan fingerprint density at radius 3 is 2.26 bits per heavy atom. The number of nitrogens with one attached hydrogen (secondary N) is 1. The number of pyridine rings is 1. The number of carbonyl (C=O) groups excluding carboxylic acids is 1. The summed E-state index contributed by atoms with van der Waals surface area (Å²) >= 11 is 0. The molecule has 0 saturated heterocycles. The number of anilines is 1. The van der Waals surface area contributed by atoms with Crippen LogP contribution in [-0.2, 0) is 4.79 Å². The van der Waals surface area contributed by atoms with E-state index < -0.39 is 6.09 Å². The molecule has 0 radical (unpaired) electrons. The van der Waals surface area contributed by atoms with E-state index in [1.807, 2.05) is 24.3 Å². The topological polar surface area (TPSA) is 127 Å². The number of amides is 2. The number of rotatable bonds is 8. The van der Waals surface area contributed by atoms with Gasteiger partial charge in [-0.2, -0.15) is 0 Å². The van der Waals surface area contributed by atoms with Crippen LogP contribution in [0.25, 0.3) is 11.1 Å². The molecule has 4 rings (SSSR count). The second kappa shape index (κ2) is 11.3. The molecule has 1 aliphatic rings. The molecule has 2 N–H and O–H groups in total. The summed E-state index contributed by atoms with van der Waals surface area (Å²) in [6.07, 6.45) is 6.53. The van der Waals surface area contributed by atoms with Crippen LogP contribution in [0.1, 0.15) is 25.7 Å². The van der Waals surface area contributed by atoms with Gasteiger partial charge in [-0.15, -0.1) is 0 Å². The van der Waals surface area contributed by atoms with Crippen LogP contribution in [0.3, 0.4) is 0 Å². The third kappa shape index (κ3) is 6.23. The monoisotopic (exact) mass is 477 g/mol. The van der Waals surface area contributed by atoms with Gasteiger partial charge in [-0.1, -0.05) is 18.2 Å². The zero-order valence-electron chi connectivity index (χ0n) is 19.3. The van der Waals surface area contributed by atoms with E-state index in [9.17, 15) is 9.59 Å². The highest BCUT2D eigenvalue weighted by atomic mass is 16.5. The summed E-state index contributed by atoms with van der Waals surface area (Å²) in [7, 11) is 1.50. The normalized spacial score (nSPS) is 17.3. The van der Waals surface area contributed by atoms with Crippen molar-refractivity contribution in [3.8, 4) is 22.9 Å². The first kappa shape index (κ1) is 23.9. The van der Waals surface area contributed by atoms with Gasteiger partial charge in [-0.05, 0) is 49.9 Å². The molecule has 0 unspecified atom stereocenters. The third-order valence-electron chi connectivity index (χ3n) is 5.90. The van der Waals surface area contributed by atoms with Gasteiger partial charge in [0.05, 0.1) is 7.11 Å². The van der Waals surface area contributed by atoms with Crippen molar-refractivity contribution in [2.45, 2.75) is 37.8 Å². The summed E-state index contributed by atoms with van der Waals surface area (Å²) in [5.74, 6) is 0.911. The van der Waals surface area contributed by atoms with Crippen molar-refractivity contribution in [2.24, 2.45) is 0 Å². The van der Waals surface area contributed by atoms with Gasteiger partial charge < -0.3 is 19.9 Å². The van der Waals surface area contributed by atoms with E-state index >= 15 is 0 Å². The number of para-hydroxylation sites is 1. The molecule has 0 bridgehead atoms. The number of ether oxygens (including phenoxy) is 2. The lowest BCUT2D eigenvalue weighted by Crippen LogP contribution is -2.48. The van der Waals surface area contributed by atoms with Crippen molar-refractivity contribution < 1.29 is 24.2 Å². The lowest BCUT2D eigenvalue weighted by Gasteiger charge is -2.36. The maximum Gasteiger partial charge on any atom is 0.404 e. The van der Waals surface area contributed by atoms with Gasteiger partial charge in [0.15, 0.2) is 6.61 Å². The van der Waals surface area contributed by atoms with Crippen molar-refractivity contribution in [2.75, 3.05) is 18.6 Å². The van der Waals surface area contributed by atoms with E-state index in [0.29, 0.717) is 37.3 Å². The van der Waals surface area contributed by atoms with E-state index in [4.69, 9.17) is 14.6 Å². The van der Waals surface area contributed by atoms with Crippen LogP contribution in [0.4, 0.5) is 10.6 Å². The third-order valence-corrected chi connectivity index (χ3v) is 5.90. The minimum absolute atomic E-state index is 0.114. The van der Waals surface area contributed by atoms with Crippen LogP contribution in [0, 0.1) is 0 Å². The van der Waals surface area contributed by atoms with Crippen LogP contribution in [0.15, 0.2) is 61.1 Å². The van der Waals surface area contributed by atoms with Crippen LogP contribution < -0.4 is 19.7 Å². The predicted octanol–water partition coefficient (Wildman–Crippen LogP) is 3.54. The van der Waals surface area contributed by atoms with Gasteiger partial charge in [0.25, 0.3) is 5.91 Å². The SMILES string of the molecule is COc1ncc(-c2ccc(N(C(=O)COc3ccccc3)C3CCC(NC(=O)O)CC3)nc2)cn1. The fraction of sp³-hybridized carbons (Fsp3) is 0.320. The lowest BCUT2D eigenvalue weighted by atomic mass is 9.90. The molecule has 182 valence electrons. The van der Waals surface area contributed by atoms with Crippen LogP contribution in [-0.4, -0.2) is 57.9 Å².